The average Bonchev–Trinajstić information content (AvgIpc) is 3.21. The monoisotopic (exact) mass is 450 g/mol. The maximum atomic E-state index is 12.8. The average molecular weight is 451 g/mol. The van der Waals surface area contributed by atoms with Crippen LogP contribution in [0.25, 0.3) is 0 Å². The number of fused-ring (bicyclic) bond motifs is 4. The number of amides is 1. The quantitative estimate of drug-likeness (QED) is 0.741. The molecule has 1 saturated carbocycles. The molecule has 33 heavy (non-hydrogen) atoms. The van der Waals surface area contributed by atoms with Crippen LogP contribution in [0, 0.1) is 5.92 Å². The lowest BCUT2D eigenvalue weighted by atomic mass is 9.67. The van der Waals surface area contributed by atoms with E-state index in [2.05, 4.69) is 42.3 Å². The van der Waals surface area contributed by atoms with E-state index in [0.717, 1.165) is 30.6 Å². The Balaban J connectivity index is 1.42. The van der Waals surface area contributed by atoms with Crippen LogP contribution in [0.3, 0.4) is 0 Å². The third-order valence-electron chi connectivity index (χ3n) is 7.11. The summed E-state index contributed by atoms with van der Waals surface area (Å²) in [7, 11) is 1.57. The maximum Gasteiger partial charge on any atom is 0.283 e. The number of nitrogens with one attached hydrogen (secondary N) is 1. The molecule has 3 aliphatic rings. The second-order valence-corrected chi connectivity index (χ2v) is 9.40. The van der Waals surface area contributed by atoms with E-state index in [9.17, 15) is 4.79 Å². The van der Waals surface area contributed by atoms with Crippen molar-refractivity contribution >= 4 is 11.9 Å². The molecular formula is C25H30N4O4. The van der Waals surface area contributed by atoms with Crippen molar-refractivity contribution in [3.63, 3.8) is 0 Å². The summed E-state index contributed by atoms with van der Waals surface area (Å²) < 4.78 is 17.3. The molecule has 1 spiro atoms. The number of amidine groups is 1. The van der Waals surface area contributed by atoms with Crippen LogP contribution in [-0.2, 0) is 10.3 Å². The lowest BCUT2D eigenvalue weighted by Crippen LogP contribution is -2.54. The van der Waals surface area contributed by atoms with Crippen molar-refractivity contribution in [2.75, 3.05) is 13.7 Å². The normalized spacial score (nSPS) is 27.8. The summed E-state index contributed by atoms with van der Waals surface area (Å²) in [5.74, 6) is 1.69. The van der Waals surface area contributed by atoms with E-state index >= 15 is 0 Å². The molecule has 8 heteroatoms. The highest BCUT2D eigenvalue weighted by atomic mass is 16.5. The number of pyridine rings is 1. The van der Waals surface area contributed by atoms with E-state index in [1.54, 1.807) is 25.4 Å². The van der Waals surface area contributed by atoms with Gasteiger partial charge in [-0.2, -0.15) is 0 Å². The van der Waals surface area contributed by atoms with Crippen LogP contribution in [0.2, 0.25) is 0 Å². The molecule has 4 atom stereocenters. The SMILES string of the molecule is COc1ccc(C(=O)N[C@H]2CC[C@H]3Oc4ccc(C(C)C)cc4[C@]4(COC(N)=N4)[C@@H]3C2)nc1. The third kappa shape index (κ3) is 3.77. The van der Waals surface area contributed by atoms with Gasteiger partial charge in [0.25, 0.3) is 11.9 Å². The molecule has 1 amide bonds. The van der Waals surface area contributed by atoms with E-state index in [1.165, 1.54) is 5.56 Å². The van der Waals surface area contributed by atoms with E-state index in [0.29, 0.717) is 24.0 Å². The van der Waals surface area contributed by atoms with E-state index in [4.69, 9.17) is 24.9 Å². The first-order valence-corrected chi connectivity index (χ1v) is 11.5. The van der Waals surface area contributed by atoms with Crippen LogP contribution in [0.4, 0.5) is 0 Å². The topological polar surface area (TPSA) is 108 Å². The van der Waals surface area contributed by atoms with Gasteiger partial charge in [0.05, 0.1) is 13.3 Å². The molecule has 3 heterocycles. The summed E-state index contributed by atoms with van der Waals surface area (Å²) in [4.78, 5) is 21.9. The lowest BCUT2D eigenvalue weighted by Gasteiger charge is -2.48. The summed E-state index contributed by atoms with van der Waals surface area (Å²) in [6.45, 7) is 4.73. The van der Waals surface area contributed by atoms with Gasteiger partial charge in [-0.15, -0.1) is 0 Å². The van der Waals surface area contributed by atoms with E-state index < -0.39 is 5.54 Å². The largest absolute Gasteiger partial charge is 0.495 e. The number of hydrogen-bond acceptors (Lipinski definition) is 7. The first-order valence-electron chi connectivity index (χ1n) is 11.5. The van der Waals surface area contributed by atoms with Crippen LogP contribution in [0.1, 0.15) is 60.6 Å². The number of carbonyl (C=O) groups excluding carboxylic acids is 1. The second-order valence-electron chi connectivity index (χ2n) is 9.40. The van der Waals surface area contributed by atoms with Crippen LogP contribution < -0.4 is 20.5 Å². The fourth-order valence-electron chi connectivity index (χ4n) is 5.30. The zero-order chi connectivity index (χ0) is 23.2. The van der Waals surface area contributed by atoms with Gasteiger partial charge in [0, 0.05) is 17.5 Å². The standard InChI is InChI=1S/C25H30N4O4/c1-14(2)15-4-8-21-18(10-15)25(13-32-24(26)29-25)19-11-16(5-9-22(19)33-21)28-23(30)20-7-6-17(31-3)12-27-20/h4,6-8,10,12,14,16,19,22H,5,9,11,13H2,1-3H3,(H2,26,29)(H,28,30)/t16-,19+,22+,25+/m0/s1. The Labute approximate surface area is 193 Å². The van der Waals surface area contributed by atoms with Gasteiger partial charge in [-0.05, 0) is 55.0 Å². The Morgan fingerprint density at radius 3 is 2.79 bits per heavy atom. The Bertz CT molecular complexity index is 1080. The summed E-state index contributed by atoms with van der Waals surface area (Å²) in [5, 5.41) is 3.16. The zero-order valence-corrected chi connectivity index (χ0v) is 19.2. The highest BCUT2D eigenvalue weighted by Gasteiger charge is 2.55. The van der Waals surface area contributed by atoms with Gasteiger partial charge in [-0.1, -0.05) is 19.9 Å². The van der Waals surface area contributed by atoms with Gasteiger partial charge < -0.3 is 25.3 Å². The summed E-state index contributed by atoms with van der Waals surface area (Å²) in [6.07, 6.45) is 3.89. The van der Waals surface area contributed by atoms with E-state index in [-0.39, 0.29) is 30.0 Å². The van der Waals surface area contributed by atoms with Gasteiger partial charge in [-0.3, -0.25) is 4.79 Å². The number of aromatic nitrogens is 1. The van der Waals surface area contributed by atoms with Crippen molar-refractivity contribution in [3.8, 4) is 11.5 Å². The van der Waals surface area contributed by atoms with Crippen molar-refractivity contribution in [2.24, 2.45) is 16.6 Å². The molecule has 1 fully saturated rings. The maximum absolute atomic E-state index is 12.8. The summed E-state index contributed by atoms with van der Waals surface area (Å²) in [6, 6.07) is 9.96. The fraction of sp³-hybridized carbons (Fsp3) is 0.480. The van der Waals surface area contributed by atoms with Crippen LogP contribution in [0.15, 0.2) is 41.5 Å². The number of benzene rings is 1. The van der Waals surface area contributed by atoms with Gasteiger partial charge in [0.2, 0.25) is 0 Å². The molecule has 3 N–H and O–H groups in total. The number of carbonyl (C=O) groups is 1. The predicted molar refractivity (Wildman–Crippen MR) is 124 cm³/mol. The molecule has 2 aromatic rings. The van der Waals surface area contributed by atoms with Crippen molar-refractivity contribution in [3.05, 3.63) is 53.3 Å². The minimum Gasteiger partial charge on any atom is -0.495 e. The highest BCUT2D eigenvalue weighted by molar-refractivity contribution is 5.92. The van der Waals surface area contributed by atoms with Crippen molar-refractivity contribution in [1.29, 1.82) is 0 Å². The molecular weight excluding hydrogens is 420 g/mol. The molecule has 0 unspecified atom stereocenters. The first-order chi connectivity index (χ1) is 15.9. The zero-order valence-electron chi connectivity index (χ0n) is 19.2. The molecule has 5 rings (SSSR count). The van der Waals surface area contributed by atoms with E-state index in [1.807, 2.05) is 0 Å². The lowest BCUT2D eigenvalue weighted by molar-refractivity contribution is -0.00197. The minimum absolute atomic E-state index is 0.00656. The second kappa shape index (κ2) is 8.24. The summed E-state index contributed by atoms with van der Waals surface area (Å²) >= 11 is 0. The number of hydrogen-bond donors (Lipinski definition) is 2. The molecule has 1 aromatic carbocycles. The number of ether oxygens (including phenoxy) is 3. The van der Waals surface area contributed by atoms with Crippen molar-refractivity contribution < 1.29 is 19.0 Å². The van der Waals surface area contributed by atoms with Crippen LogP contribution in [-0.4, -0.2) is 42.8 Å². The molecule has 0 bridgehead atoms. The van der Waals surface area contributed by atoms with Crippen molar-refractivity contribution in [1.82, 2.24) is 10.3 Å². The Kier molecular flexibility index (Phi) is 5.38. The highest BCUT2D eigenvalue weighted by Crippen LogP contribution is 2.52. The molecule has 1 aromatic heterocycles. The molecule has 0 saturated heterocycles. The fourth-order valence-corrected chi connectivity index (χ4v) is 5.30. The Morgan fingerprint density at radius 1 is 1.27 bits per heavy atom. The number of nitrogens with two attached hydrogens (primary N) is 1. The molecule has 174 valence electrons. The van der Waals surface area contributed by atoms with Gasteiger partial charge in [0.15, 0.2) is 0 Å². The third-order valence-corrected chi connectivity index (χ3v) is 7.11. The van der Waals surface area contributed by atoms with Gasteiger partial charge in [-0.25, -0.2) is 9.98 Å². The number of rotatable bonds is 4. The molecule has 1 aliphatic carbocycles. The molecule has 8 nitrogen and oxygen atoms in total. The van der Waals surface area contributed by atoms with Gasteiger partial charge in [0.1, 0.15) is 35.4 Å². The number of nitrogens with zero attached hydrogens (tertiary/aromatic N) is 2. The molecule has 2 aliphatic heterocycles. The molecule has 0 radical (unpaired) electrons. The van der Waals surface area contributed by atoms with Crippen LogP contribution in [0.5, 0.6) is 11.5 Å². The minimum atomic E-state index is -0.602. The Morgan fingerprint density at radius 2 is 2.12 bits per heavy atom. The first kappa shape index (κ1) is 21.6. The van der Waals surface area contributed by atoms with Crippen molar-refractivity contribution in [2.45, 2.75) is 56.7 Å². The number of methoxy groups -OCH3 is 1. The smallest absolute Gasteiger partial charge is 0.283 e. The predicted octanol–water partition coefficient (Wildman–Crippen LogP) is 3.11. The van der Waals surface area contributed by atoms with Gasteiger partial charge >= 0.3 is 0 Å². The Hall–Kier alpha value is -3.29. The number of aliphatic imine (C=N–C) groups is 1. The van der Waals surface area contributed by atoms with Crippen LogP contribution >= 0.6 is 0 Å². The summed E-state index contributed by atoms with van der Waals surface area (Å²) in [5.41, 5.74) is 8.05.